The van der Waals surface area contributed by atoms with E-state index in [1.807, 2.05) is 103 Å². The van der Waals surface area contributed by atoms with E-state index in [1.165, 1.54) is 6.07 Å². The maximum Gasteiger partial charge on any atom is 0.437 e. The number of fused-ring (bicyclic) bond motifs is 1. The Labute approximate surface area is 283 Å². The van der Waals surface area contributed by atoms with E-state index in [0.717, 1.165) is 43.4 Å². The molecule has 2 heterocycles. The molecule has 1 aliphatic rings. The average Bonchev–Trinajstić information content (AvgIpc) is 3.61. The van der Waals surface area contributed by atoms with Gasteiger partial charge in [-0.15, -0.1) is 16.3 Å². The average molecular weight is 660 g/mol. The Bertz CT molecular complexity index is 2010. The second-order valence-corrected chi connectivity index (χ2v) is 12.5. The Hall–Kier alpha value is -5.66. The van der Waals surface area contributed by atoms with Gasteiger partial charge in [0.1, 0.15) is 23.7 Å². The summed E-state index contributed by atoms with van der Waals surface area (Å²) in [6.07, 6.45) is -0.716. The van der Waals surface area contributed by atoms with Crippen LogP contribution < -0.4 is 9.75 Å². The number of carbonyl (C=O) groups is 1. The molecule has 0 bridgehead atoms. The van der Waals surface area contributed by atoms with Gasteiger partial charge in [-0.25, -0.2) is 14.0 Å². The molecule has 0 radical (unpaired) electrons. The Morgan fingerprint density at radius 3 is 2.38 bits per heavy atom. The Morgan fingerprint density at radius 1 is 0.917 bits per heavy atom. The highest BCUT2D eigenvalue weighted by Gasteiger charge is 2.45. The predicted octanol–water partition coefficient (Wildman–Crippen LogP) is 8.87. The molecule has 0 fully saturated rings. The van der Waals surface area contributed by atoms with Crippen LogP contribution in [0, 0.1) is 12.4 Å². The van der Waals surface area contributed by atoms with Gasteiger partial charge < -0.3 is 14.4 Å². The highest BCUT2D eigenvalue weighted by molar-refractivity contribution is 7.15. The standard InChI is InChI=1S/C38H34FN5O3S/c1-38(35-22-21-34(48-35)28-17-20-31(39)32(23-28)40-2)30-13-9-10-14-33(30)42(3)43(4)36(41-37(45)47-25-27-11-7-6-8-12-27)44(38)24-26-15-18-29(46-5)19-16-26/h6-23H,24-25H2,1,3-5H3. The summed E-state index contributed by atoms with van der Waals surface area (Å²) in [6.45, 7) is 10.0. The summed E-state index contributed by atoms with van der Waals surface area (Å²) in [6, 6.07) is 34.1. The van der Waals surface area contributed by atoms with Crippen LogP contribution in [0.2, 0.25) is 0 Å². The third-order valence-electron chi connectivity index (χ3n) is 8.63. The maximum atomic E-state index is 14.2. The molecule has 0 saturated heterocycles. The van der Waals surface area contributed by atoms with Crippen molar-refractivity contribution in [2.24, 2.45) is 4.99 Å². The summed E-state index contributed by atoms with van der Waals surface area (Å²) in [5.74, 6) is 0.572. The summed E-state index contributed by atoms with van der Waals surface area (Å²) >= 11 is 1.55. The molecule has 4 aromatic carbocycles. The molecule has 48 heavy (non-hydrogen) atoms. The molecule has 1 unspecified atom stereocenters. The number of halogens is 1. The van der Waals surface area contributed by atoms with Crippen LogP contribution in [0.25, 0.3) is 15.3 Å². The fourth-order valence-corrected chi connectivity index (χ4v) is 7.04. The number of ether oxygens (including phenoxy) is 2. The van der Waals surface area contributed by atoms with Crippen molar-refractivity contribution in [3.05, 3.63) is 148 Å². The van der Waals surface area contributed by atoms with Crippen LogP contribution in [0.5, 0.6) is 5.75 Å². The zero-order valence-corrected chi connectivity index (χ0v) is 27.9. The molecule has 10 heteroatoms. The van der Waals surface area contributed by atoms with Gasteiger partial charge in [-0.3, -0.25) is 10.0 Å². The molecule has 1 aromatic heterocycles. The molecule has 0 aliphatic carbocycles. The number of hydrazine groups is 1. The van der Waals surface area contributed by atoms with Crippen molar-refractivity contribution in [1.82, 2.24) is 9.91 Å². The largest absolute Gasteiger partial charge is 0.497 e. The third kappa shape index (κ3) is 6.20. The first kappa shape index (κ1) is 32.3. The normalized spacial score (nSPS) is 16.7. The quantitative estimate of drug-likeness (QED) is 0.163. The van der Waals surface area contributed by atoms with Crippen LogP contribution >= 0.6 is 11.3 Å². The Balaban J connectivity index is 1.51. The number of guanidine groups is 1. The van der Waals surface area contributed by atoms with Gasteiger partial charge in [0, 0.05) is 36.0 Å². The summed E-state index contributed by atoms with van der Waals surface area (Å²) in [7, 11) is 5.44. The van der Waals surface area contributed by atoms with Gasteiger partial charge in [-0.05, 0) is 66.1 Å². The second-order valence-electron chi connectivity index (χ2n) is 11.5. The summed E-state index contributed by atoms with van der Waals surface area (Å²) < 4.78 is 25.3. The van der Waals surface area contributed by atoms with E-state index >= 15 is 0 Å². The number of methoxy groups -OCH3 is 1. The van der Waals surface area contributed by atoms with E-state index in [4.69, 9.17) is 16.0 Å². The highest BCUT2D eigenvalue weighted by Crippen LogP contribution is 2.48. The molecule has 0 saturated carbocycles. The minimum Gasteiger partial charge on any atom is -0.497 e. The number of para-hydroxylation sites is 1. The van der Waals surface area contributed by atoms with Crippen LogP contribution in [-0.2, 0) is 23.4 Å². The van der Waals surface area contributed by atoms with Crippen LogP contribution in [0.4, 0.5) is 20.6 Å². The van der Waals surface area contributed by atoms with Gasteiger partial charge in [0.2, 0.25) is 11.6 Å². The van der Waals surface area contributed by atoms with Crippen molar-refractivity contribution in [2.75, 3.05) is 26.2 Å². The molecule has 1 aliphatic heterocycles. The number of aliphatic imine (C=N–C) groups is 1. The first-order valence-corrected chi connectivity index (χ1v) is 16.1. The van der Waals surface area contributed by atoms with E-state index in [2.05, 4.69) is 33.8 Å². The number of anilines is 1. The first-order valence-electron chi connectivity index (χ1n) is 15.3. The molecular weight excluding hydrogens is 626 g/mol. The summed E-state index contributed by atoms with van der Waals surface area (Å²) in [5, 5.41) is 3.83. The number of amides is 1. The zero-order valence-electron chi connectivity index (χ0n) is 27.1. The van der Waals surface area contributed by atoms with E-state index < -0.39 is 17.4 Å². The lowest BCUT2D eigenvalue weighted by atomic mass is 9.86. The van der Waals surface area contributed by atoms with E-state index in [1.54, 1.807) is 30.6 Å². The molecule has 0 N–H and O–H groups in total. The molecule has 5 aromatic rings. The van der Waals surface area contributed by atoms with E-state index in [-0.39, 0.29) is 12.3 Å². The number of hydrogen-bond donors (Lipinski definition) is 0. The van der Waals surface area contributed by atoms with Gasteiger partial charge in [0.15, 0.2) is 0 Å². The predicted molar refractivity (Wildman–Crippen MR) is 188 cm³/mol. The van der Waals surface area contributed by atoms with Gasteiger partial charge >= 0.3 is 6.09 Å². The minimum atomic E-state index is -0.861. The minimum absolute atomic E-state index is 0.0266. The lowest BCUT2D eigenvalue weighted by Crippen LogP contribution is -2.53. The number of nitrogens with zero attached hydrogens (tertiary/aromatic N) is 5. The molecule has 8 nitrogen and oxygen atoms in total. The lowest BCUT2D eigenvalue weighted by Gasteiger charge is -2.42. The van der Waals surface area contributed by atoms with Gasteiger partial charge in [-0.2, -0.15) is 0 Å². The van der Waals surface area contributed by atoms with Crippen molar-refractivity contribution in [3.63, 3.8) is 0 Å². The molecule has 1 atom stereocenters. The molecule has 1 amide bonds. The van der Waals surface area contributed by atoms with Crippen LogP contribution in [0.15, 0.2) is 114 Å². The van der Waals surface area contributed by atoms with E-state index in [0.29, 0.717) is 12.5 Å². The van der Waals surface area contributed by atoms with Gasteiger partial charge in [0.05, 0.1) is 19.4 Å². The number of benzene rings is 4. The van der Waals surface area contributed by atoms with Crippen LogP contribution in [-0.4, -0.2) is 43.2 Å². The Morgan fingerprint density at radius 2 is 1.65 bits per heavy atom. The highest BCUT2D eigenvalue weighted by atomic mass is 32.1. The Kier molecular flexibility index (Phi) is 9.15. The van der Waals surface area contributed by atoms with Crippen molar-refractivity contribution < 1.29 is 18.7 Å². The number of hydrogen-bond acceptors (Lipinski definition) is 5. The fraction of sp³-hybridized carbons (Fsp3) is 0.184. The van der Waals surface area contributed by atoms with Crippen LogP contribution in [0.3, 0.4) is 0 Å². The van der Waals surface area contributed by atoms with E-state index in [9.17, 15) is 9.18 Å². The SMILES string of the molecule is [C-]#[N+]c1cc(-c2ccc(C3(C)c4ccccc4N(C)N(C)C(=NC(=O)OCc4ccccc4)N3Cc3ccc(OC)cc3)s2)ccc1F. The number of thiophene rings is 1. The van der Waals surface area contributed by atoms with Gasteiger partial charge in [0.25, 0.3) is 0 Å². The monoisotopic (exact) mass is 659 g/mol. The fourth-order valence-electron chi connectivity index (χ4n) is 5.86. The molecule has 6 rings (SSSR count). The first-order chi connectivity index (χ1) is 23.2. The smallest absolute Gasteiger partial charge is 0.437 e. The topological polar surface area (TPSA) is 62.0 Å². The third-order valence-corrected chi connectivity index (χ3v) is 9.98. The lowest BCUT2D eigenvalue weighted by molar-refractivity contribution is 0.148. The van der Waals surface area contributed by atoms with Crippen molar-refractivity contribution in [3.8, 4) is 16.2 Å². The number of carbonyl (C=O) groups excluding carboxylic acids is 1. The maximum absolute atomic E-state index is 14.2. The second kappa shape index (κ2) is 13.6. The molecular formula is C38H34FN5O3S. The zero-order chi connectivity index (χ0) is 33.8. The summed E-state index contributed by atoms with van der Waals surface area (Å²) in [4.78, 5) is 25.4. The molecule has 242 valence electrons. The van der Waals surface area contributed by atoms with Crippen molar-refractivity contribution >= 4 is 34.8 Å². The van der Waals surface area contributed by atoms with Crippen molar-refractivity contribution in [1.29, 1.82) is 0 Å². The van der Waals surface area contributed by atoms with Crippen molar-refractivity contribution in [2.45, 2.75) is 25.6 Å². The van der Waals surface area contributed by atoms with Gasteiger partial charge in [-0.1, -0.05) is 66.7 Å². The summed E-state index contributed by atoms with van der Waals surface area (Å²) in [5.41, 5.74) is 3.61. The van der Waals surface area contributed by atoms with Crippen LogP contribution in [0.1, 0.15) is 28.5 Å². The number of rotatable bonds is 7. The molecule has 0 spiro atoms.